The molecule has 0 heterocycles. The van der Waals surface area contributed by atoms with Gasteiger partial charge in [0.1, 0.15) is 0 Å². The van der Waals surface area contributed by atoms with Gasteiger partial charge in [-0.1, -0.05) is 109 Å². The smallest absolute Gasteiger partial charge is 0.00891 e. The van der Waals surface area contributed by atoms with Gasteiger partial charge in [0, 0.05) is 6.04 Å². The topological polar surface area (TPSA) is 3.24 Å². The van der Waals surface area contributed by atoms with E-state index in [2.05, 4.69) is 45.0 Å². The van der Waals surface area contributed by atoms with Gasteiger partial charge in [0.15, 0.2) is 0 Å². The van der Waals surface area contributed by atoms with E-state index >= 15 is 0 Å². The molecule has 26 heavy (non-hydrogen) atoms. The molecule has 0 rings (SSSR count). The lowest BCUT2D eigenvalue weighted by atomic mass is 9.99. The van der Waals surface area contributed by atoms with E-state index in [9.17, 15) is 0 Å². The van der Waals surface area contributed by atoms with Crippen molar-refractivity contribution >= 4 is 0 Å². The van der Waals surface area contributed by atoms with Crippen molar-refractivity contribution in [2.45, 2.75) is 135 Å². The zero-order valence-corrected chi connectivity index (χ0v) is 18.9. The third kappa shape index (κ3) is 18.5. The molecule has 0 radical (unpaired) electrons. The summed E-state index contributed by atoms with van der Waals surface area (Å²) in [4.78, 5) is 2.47. The van der Waals surface area contributed by atoms with Crippen LogP contribution < -0.4 is 0 Å². The minimum atomic E-state index is 0.816. The highest BCUT2D eigenvalue weighted by atomic mass is 15.1. The first-order valence-corrected chi connectivity index (χ1v) is 12.0. The number of hydrogen-bond acceptors (Lipinski definition) is 1. The van der Waals surface area contributed by atoms with Crippen molar-refractivity contribution in [3.8, 4) is 0 Å². The number of allylic oxidation sites excluding steroid dienone is 2. The first-order valence-electron chi connectivity index (χ1n) is 12.0. The molecule has 1 heteroatoms. The second-order valence-corrected chi connectivity index (χ2v) is 8.46. The largest absolute Gasteiger partial charge is 0.306 e. The van der Waals surface area contributed by atoms with Crippen LogP contribution in [0.1, 0.15) is 129 Å². The fourth-order valence-corrected chi connectivity index (χ4v) is 3.81. The van der Waals surface area contributed by atoms with E-state index in [0.29, 0.717) is 0 Å². The second kappa shape index (κ2) is 21.0. The molecule has 1 unspecified atom stereocenters. The predicted molar refractivity (Wildman–Crippen MR) is 121 cm³/mol. The number of rotatable bonds is 20. The van der Waals surface area contributed by atoms with E-state index in [0.717, 1.165) is 6.04 Å². The monoisotopic (exact) mass is 365 g/mol. The van der Waals surface area contributed by atoms with Crippen LogP contribution in [0.5, 0.6) is 0 Å². The summed E-state index contributed by atoms with van der Waals surface area (Å²) in [5.74, 6) is 0. The molecule has 0 aromatic heterocycles. The Morgan fingerprint density at radius 2 is 1.04 bits per heavy atom. The summed E-state index contributed by atoms with van der Waals surface area (Å²) in [5.41, 5.74) is 0. The molecule has 1 atom stereocenters. The fourth-order valence-electron chi connectivity index (χ4n) is 3.81. The van der Waals surface area contributed by atoms with E-state index in [-0.39, 0.29) is 0 Å². The summed E-state index contributed by atoms with van der Waals surface area (Å²) in [6, 6.07) is 0.816. The molecular formula is C25H51N. The van der Waals surface area contributed by atoms with Crippen LogP contribution in [0.4, 0.5) is 0 Å². The van der Waals surface area contributed by atoms with Crippen LogP contribution in [0, 0.1) is 0 Å². The van der Waals surface area contributed by atoms with Gasteiger partial charge in [-0.3, -0.25) is 0 Å². The van der Waals surface area contributed by atoms with Crippen LogP contribution in [0.25, 0.3) is 0 Å². The molecule has 0 bridgehead atoms. The first-order chi connectivity index (χ1) is 12.7. The van der Waals surface area contributed by atoms with Crippen molar-refractivity contribution in [3.05, 3.63) is 12.2 Å². The van der Waals surface area contributed by atoms with E-state index in [1.54, 1.807) is 0 Å². The van der Waals surface area contributed by atoms with Crippen LogP contribution >= 0.6 is 0 Å². The summed E-state index contributed by atoms with van der Waals surface area (Å²) in [6.45, 7) is 4.51. The molecule has 0 aliphatic carbocycles. The Morgan fingerprint density at radius 1 is 0.577 bits per heavy atom. The lowest BCUT2D eigenvalue weighted by Crippen LogP contribution is -2.27. The Hall–Kier alpha value is -0.300. The Morgan fingerprint density at radius 3 is 1.50 bits per heavy atom. The van der Waals surface area contributed by atoms with Crippen molar-refractivity contribution in [2.24, 2.45) is 0 Å². The molecule has 156 valence electrons. The minimum absolute atomic E-state index is 0.816. The summed E-state index contributed by atoms with van der Waals surface area (Å²) in [5, 5.41) is 0. The Balaban J connectivity index is 3.47. The molecule has 0 aliphatic rings. The molecule has 0 fully saturated rings. The maximum atomic E-state index is 2.47. The Labute approximate surface area is 167 Å². The SMILES string of the molecule is CC/C=C\CCCCCCCCCC(CCCCCCCCC)N(C)C. The minimum Gasteiger partial charge on any atom is -0.306 e. The van der Waals surface area contributed by atoms with Crippen molar-refractivity contribution < 1.29 is 0 Å². The van der Waals surface area contributed by atoms with Crippen LogP contribution in [0.3, 0.4) is 0 Å². The quantitative estimate of drug-likeness (QED) is 0.154. The van der Waals surface area contributed by atoms with Gasteiger partial charge in [-0.2, -0.15) is 0 Å². The summed E-state index contributed by atoms with van der Waals surface area (Å²) in [7, 11) is 4.55. The molecule has 0 aliphatic heterocycles. The average molecular weight is 366 g/mol. The van der Waals surface area contributed by atoms with Gasteiger partial charge in [0.2, 0.25) is 0 Å². The highest BCUT2D eigenvalue weighted by Gasteiger charge is 2.10. The molecule has 1 nitrogen and oxygen atoms in total. The highest BCUT2D eigenvalue weighted by molar-refractivity contribution is 4.79. The highest BCUT2D eigenvalue weighted by Crippen LogP contribution is 2.17. The van der Waals surface area contributed by atoms with Crippen LogP contribution in [-0.4, -0.2) is 25.0 Å². The zero-order chi connectivity index (χ0) is 19.3. The maximum Gasteiger partial charge on any atom is 0.00891 e. The normalized spacial score (nSPS) is 13.1. The van der Waals surface area contributed by atoms with Gasteiger partial charge >= 0.3 is 0 Å². The molecule has 0 aromatic rings. The van der Waals surface area contributed by atoms with Gasteiger partial charge in [-0.25, -0.2) is 0 Å². The third-order valence-electron chi connectivity index (χ3n) is 5.68. The molecule has 0 amide bonds. The number of hydrogen-bond donors (Lipinski definition) is 0. The molecule has 0 aromatic carbocycles. The zero-order valence-electron chi connectivity index (χ0n) is 18.9. The van der Waals surface area contributed by atoms with Crippen LogP contribution in [0.2, 0.25) is 0 Å². The standard InChI is InChI=1S/C25H51N/c1-5-7-9-11-13-14-15-16-18-20-22-24-25(26(3)4)23-21-19-17-12-10-8-6-2/h7,9,25H,5-6,8,10-24H2,1-4H3/b9-7-. The first kappa shape index (κ1) is 25.7. The Bertz CT molecular complexity index is 282. The fraction of sp³-hybridized carbons (Fsp3) is 0.920. The number of unbranched alkanes of at least 4 members (excludes halogenated alkanes) is 13. The molecule has 0 N–H and O–H groups in total. The van der Waals surface area contributed by atoms with E-state index in [1.165, 1.54) is 116 Å². The van der Waals surface area contributed by atoms with Crippen molar-refractivity contribution in [1.29, 1.82) is 0 Å². The maximum absolute atomic E-state index is 2.47. The van der Waals surface area contributed by atoms with E-state index in [4.69, 9.17) is 0 Å². The lowest BCUT2D eigenvalue weighted by molar-refractivity contribution is 0.251. The van der Waals surface area contributed by atoms with Gasteiger partial charge in [0.25, 0.3) is 0 Å². The van der Waals surface area contributed by atoms with E-state index in [1.807, 2.05) is 0 Å². The predicted octanol–water partition coefficient (Wildman–Crippen LogP) is 8.53. The summed E-state index contributed by atoms with van der Waals surface area (Å²) >= 11 is 0. The Kier molecular flexibility index (Phi) is 20.8. The van der Waals surface area contributed by atoms with Crippen LogP contribution in [-0.2, 0) is 0 Å². The number of nitrogens with zero attached hydrogens (tertiary/aromatic N) is 1. The lowest BCUT2D eigenvalue weighted by Gasteiger charge is -2.24. The van der Waals surface area contributed by atoms with Crippen LogP contribution in [0.15, 0.2) is 12.2 Å². The van der Waals surface area contributed by atoms with E-state index < -0.39 is 0 Å². The molecule has 0 saturated heterocycles. The second-order valence-electron chi connectivity index (χ2n) is 8.46. The van der Waals surface area contributed by atoms with Crippen molar-refractivity contribution in [1.82, 2.24) is 4.90 Å². The van der Waals surface area contributed by atoms with Gasteiger partial charge in [-0.05, 0) is 46.2 Å². The van der Waals surface area contributed by atoms with Crippen molar-refractivity contribution in [2.75, 3.05) is 14.1 Å². The third-order valence-corrected chi connectivity index (χ3v) is 5.68. The molecule has 0 saturated carbocycles. The molecule has 0 spiro atoms. The average Bonchev–Trinajstić information content (AvgIpc) is 2.63. The van der Waals surface area contributed by atoms with Gasteiger partial charge in [0.05, 0.1) is 0 Å². The van der Waals surface area contributed by atoms with Gasteiger partial charge in [-0.15, -0.1) is 0 Å². The molecular weight excluding hydrogens is 314 g/mol. The summed E-state index contributed by atoms with van der Waals surface area (Å²) < 4.78 is 0. The summed E-state index contributed by atoms with van der Waals surface area (Å²) in [6.07, 6.45) is 30.0. The van der Waals surface area contributed by atoms with Gasteiger partial charge < -0.3 is 4.90 Å². The van der Waals surface area contributed by atoms with Crippen molar-refractivity contribution in [3.63, 3.8) is 0 Å².